The number of alkyl halides is 2. The molecular formula is C7H5F2IN2O3. The van der Waals surface area contributed by atoms with Gasteiger partial charge >= 0.3 is 5.69 Å². The Balaban J connectivity index is 3.39. The van der Waals surface area contributed by atoms with Crippen molar-refractivity contribution in [3.63, 3.8) is 0 Å². The summed E-state index contributed by atoms with van der Waals surface area (Å²) < 4.78 is 29.5. The van der Waals surface area contributed by atoms with E-state index in [0.29, 0.717) is 0 Å². The van der Waals surface area contributed by atoms with Gasteiger partial charge in [0, 0.05) is 0 Å². The number of nitrogens with zero attached hydrogens (tertiary/aromatic N) is 2. The largest absolute Gasteiger partial charge is 0.493 e. The van der Waals surface area contributed by atoms with E-state index in [4.69, 9.17) is 0 Å². The molecule has 0 amide bonds. The number of methoxy groups -OCH3 is 1. The maximum Gasteiger partial charge on any atom is 0.304 e. The number of hydrogen-bond acceptors (Lipinski definition) is 4. The Bertz CT molecular complexity index is 400. The summed E-state index contributed by atoms with van der Waals surface area (Å²) in [5, 5.41) is 10.5. The molecule has 0 radical (unpaired) electrons. The minimum atomic E-state index is -2.82. The van der Waals surface area contributed by atoms with Crippen molar-refractivity contribution in [1.82, 2.24) is 4.98 Å². The van der Waals surface area contributed by atoms with Gasteiger partial charge < -0.3 is 4.74 Å². The molecular weight excluding hydrogens is 325 g/mol. The maximum absolute atomic E-state index is 12.4. The minimum absolute atomic E-state index is 0.0189. The zero-order chi connectivity index (χ0) is 11.6. The van der Waals surface area contributed by atoms with Gasteiger partial charge in [-0.15, -0.1) is 0 Å². The van der Waals surface area contributed by atoms with Gasteiger partial charge in [0.15, 0.2) is 5.75 Å². The number of aromatic nitrogens is 1. The maximum atomic E-state index is 12.4. The highest BCUT2D eigenvalue weighted by molar-refractivity contribution is 14.1. The van der Waals surface area contributed by atoms with Crippen LogP contribution in [0.2, 0.25) is 0 Å². The van der Waals surface area contributed by atoms with E-state index in [0.717, 1.165) is 13.3 Å². The quantitative estimate of drug-likeness (QED) is 0.485. The Hall–Kier alpha value is -1.06. The summed E-state index contributed by atoms with van der Waals surface area (Å²) in [5.74, 6) is -0.250. The highest BCUT2D eigenvalue weighted by Gasteiger charge is 2.25. The lowest BCUT2D eigenvalue weighted by Gasteiger charge is -2.08. The minimum Gasteiger partial charge on any atom is -0.493 e. The molecule has 1 heterocycles. The molecule has 5 nitrogen and oxygen atoms in total. The normalized spacial score (nSPS) is 10.5. The summed E-state index contributed by atoms with van der Waals surface area (Å²) in [7, 11) is 1.16. The average molecular weight is 330 g/mol. The molecule has 8 heteroatoms. The monoisotopic (exact) mass is 330 g/mol. The Morgan fingerprint density at radius 3 is 2.67 bits per heavy atom. The molecule has 0 aliphatic heterocycles. The molecule has 0 unspecified atom stereocenters. The van der Waals surface area contributed by atoms with E-state index in [1.807, 2.05) is 0 Å². The number of nitro groups is 1. The molecule has 0 saturated heterocycles. The third kappa shape index (κ3) is 2.30. The van der Waals surface area contributed by atoms with Crippen LogP contribution in [0.5, 0.6) is 5.75 Å². The van der Waals surface area contributed by atoms with Crippen LogP contribution in [0.3, 0.4) is 0 Å². The summed E-state index contributed by atoms with van der Waals surface area (Å²) in [6.07, 6.45) is -2.03. The Kier molecular flexibility index (Phi) is 3.72. The van der Waals surface area contributed by atoms with Crippen LogP contribution in [-0.2, 0) is 0 Å². The topological polar surface area (TPSA) is 65.3 Å². The molecule has 0 N–H and O–H groups in total. The lowest BCUT2D eigenvalue weighted by atomic mass is 10.3. The van der Waals surface area contributed by atoms with Gasteiger partial charge in [0.25, 0.3) is 6.43 Å². The lowest BCUT2D eigenvalue weighted by molar-refractivity contribution is -0.386. The molecule has 0 saturated carbocycles. The van der Waals surface area contributed by atoms with E-state index >= 15 is 0 Å². The Labute approximate surface area is 96.7 Å². The average Bonchev–Trinajstić information content (AvgIpc) is 2.16. The van der Waals surface area contributed by atoms with Gasteiger partial charge in [-0.1, -0.05) is 0 Å². The number of rotatable bonds is 3. The van der Waals surface area contributed by atoms with Gasteiger partial charge in [-0.05, 0) is 22.6 Å². The fourth-order valence-electron chi connectivity index (χ4n) is 0.952. The van der Waals surface area contributed by atoms with E-state index in [1.165, 1.54) is 0 Å². The summed E-state index contributed by atoms with van der Waals surface area (Å²) in [4.78, 5) is 13.1. The van der Waals surface area contributed by atoms with Crippen LogP contribution in [0, 0.1) is 13.7 Å². The van der Waals surface area contributed by atoms with E-state index < -0.39 is 17.0 Å². The van der Waals surface area contributed by atoms with Gasteiger partial charge in [0.2, 0.25) is 0 Å². The van der Waals surface area contributed by atoms with Gasteiger partial charge in [0.1, 0.15) is 15.5 Å². The van der Waals surface area contributed by atoms with Gasteiger partial charge in [-0.25, -0.2) is 13.8 Å². The van der Waals surface area contributed by atoms with Gasteiger partial charge in [-0.2, -0.15) is 0 Å². The summed E-state index contributed by atoms with van der Waals surface area (Å²) in [5.41, 5.74) is -0.940. The molecule has 1 rings (SSSR count). The molecule has 0 atom stereocenters. The number of pyridine rings is 1. The van der Waals surface area contributed by atoms with E-state index in [9.17, 15) is 18.9 Å². The van der Waals surface area contributed by atoms with Crippen molar-refractivity contribution in [1.29, 1.82) is 0 Å². The van der Waals surface area contributed by atoms with Crippen LogP contribution >= 0.6 is 22.6 Å². The first kappa shape index (κ1) is 12.0. The van der Waals surface area contributed by atoms with Crippen molar-refractivity contribution in [2.24, 2.45) is 0 Å². The van der Waals surface area contributed by atoms with E-state index in [2.05, 4.69) is 9.72 Å². The zero-order valence-corrected chi connectivity index (χ0v) is 9.57. The Morgan fingerprint density at radius 1 is 1.67 bits per heavy atom. The van der Waals surface area contributed by atoms with Crippen molar-refractivity contribution in [2.75, 3.05) is 7.11 Å². The van der Waals surface area contributed by atoms with Crippen molar-refractivity contribution >= 4 is 28.3 Å². The van der Waals surface area contributed by atoms with Crippen LogP contribution in [0.25, 0.3) is 0 Å². The summed E-state index contributed by atoms with van der Waals surface area (Å²) in [6.45, 7) is 0. The second-order valence-electron chi connectivity index (χ2n) is 2.43. The second-order valence-corrected chi connectivity index (χ2v) is 3.51. The molecule has 1 aromatic heterocycles. The third-order valence-electron chi connectivity index (χ3n) is 1.59. The van der Waals surface area contributed by atoms with Crippen LogP contribution in [-0.4, -0.2) is 17.0 Å². The standard InChI is InChI=1S/C7H5F2IN2O3/c1-15-6-4(10)3(12(13)14)2-11-5(6)7(8)9/h2,7H,1H3. The zero-order valence-electron chi connectivity index (χ0n) is 7.41. The first-order valence-corrected chi connectivity index (χ1v) is 4.71. The van der Waals surface area contributed by atoms with Crippen molar-refractivity contribution < 1.29 is 18.4 Å². The van der Waals surface area contributed by atoms with Crippen LogP contribution in [0.1, 0.15) is 12.1 Å². The molecule has 0 aliphatic rings. The number of ether oxygens (including phenoxy) is 1. The van der Waals surface area contributed by atoms with Crippen LogP contribution in [0.15, 0.2) is 6.20 Å². The molecule has 0 aromatic carbocycles. The van der Waals surface area contributed by atoms with Crippen molar-refractivity contribution in [3.8, 4) is 5.75 Å². The summed E-state index contributed by atoms with van der Waals surface area (Å²) >= 11 is 1.58. The third-order valence-corrected chi connectivity index (χ3v) is 2.63. The highest BCUT2D eigenvalue weighted by atomic mass is 127. The molecule has 1 aromatic rings. The van der Waals surface area contributed by atoms with Crippen LogP contribution in [0.4, 0.5) is 14.5 Å². The predicted molar refractivity (Wildman–Crippen MR) is 55.1 cm³/mol. The lowest BCUT2D eigenvalue weighted by Crippen LogP contribution is -2.02. The molecule has 0 bridgehead atoms. The fourth-order valence-corrected chi connectivity index (χ4v) is 1.78. The van der Waals surface area contributed by atoms with E-state index in [1.54, 1.807) is 22.6 Å². The smallest absolute Gasteiger partial charge is 0.304 e. The predicted octanol–water partition coefficient (Wildman–Crippen LogP) is 2.54. The van der Waals surface area contributed by atoms with Crippen LogP contribution < -0.4 is 4.74 Å². The van der Waals surface area contributed by atoms with Crippen molar-refractivity contribution in [3.05, 3.63) is 25.6 Å². The fraction of sp³-hybridized carbons (Fsp3) is 0.286. The SMILES string of the molecule is COc1c(C(F)F)ncc([N+](=O)[O-])c1I. The van der Waals surface area contributed by atoms with E-state index in [-0.39, 0.29) is 15.0 Å². The molecule has 0 fully saturated rings. The first-order valence-electron chi connectivity index (χ1n) is 3.64. The first-order chi connectivity index (χ1) is 6.99. The summed E-state index contributed by atoms with van der Waals surface area (Å²) in [6, 6.07) is 0. The molecule has 0 spiro atoms. The number of hydrogen-bond donors (Lipinski definition) is 0. The highest BCUT2D eigenvalue weighted by Crippen LogP contribution is 2.35. The molecule has 15 heavy (non-hydrogen) atoms. The molecule has 0 aliphatic carbocycles. The molecule has 82 valence electrons. The van der Waals surface area contributed by atoms with Gasteiger partial charge in [-0.3, -0.25) is 10.1 Å². The number of halogens is 3. The van der Waals surface area contributed by atoms with Crippen molar-refractivity contribution in [2.45, 2.75) is 6.43 Å². The Morgan fingerprint density at radius 2 is 2.27 bits per heavy atom. The second kappa shape index (κ2) is 4.64. The van der Waals surface area contributed by atoms with Gasteiger partial charge in [0.05, 0.1) is 12.0 Å².